The van der Waals surface area contributed by atoms with Gasteiger partial charge in [-0.3, -0.25) is 0 Å². The van der Waals surface area contributed by atoms with Crippen molar-refractivity contribution in [3.8, 4) is 11.4 Å². The fourth-order valence-corrected chi connectivity index (χ4v) is 4.59. The second-order valence-electron chi connectivity index (χ2n) is 8.21. The van der Waals surface area contributed by atoms with Gasteiger partial charge in [-0.1, -0.05) is 24.8 Å². The van der Waals surface area contributed by atoms with Crippen LogP contribution in [0.3, 0.4) is 0 Å². The molecule has 0 radical (unpaired) electrons. The first-order chi connectivity index (χ1) is 15.3. The van der Waals surface area contributed by atoms with Crippen LogP contribution in [-0.4, -0.2) is 29.7 Å². The molecule has 0 saturated carbocycles. The van der Waals surface area contributed by atoms with Crippen LogP contribution in [0, 0.1) is 6.92 Å². The van der Waals surface area contributed by atoms with Crippen LogP contribution in [0.5, 0.6) is 5.75 Å². The zero-order valence-corrected chi connectivity index (χ0v) is 18.3. The van der Waals surface area contributed by atoms with Crippen LogP contribution in [0.4, 0.5) is 13.2 Å². The number of methoxy groups -OCH3 is 1. The zero-order chi connectivity index (χ0) is 22.9. The monoisotopic (exact) mass is 440 g/mol. The lowest BCUT2D eigenvalue weighted by Gasteiger charge is -2.36. The van der Waals surface area contributed by atoms with E-state index in [1.165, 1.54) is 24.4 Å². The van der Waals surface area contributed by atoms with E-state index in [2.05, 4.69) is 47.4 Å². The first-order valence-electron chi connectivity index (χ1n) is 10.7. The summed E-state index contributed by atoms with van der Waals surface area (Å²) in [4.78, 5) is 2.09. The number of benzene rings is 2. The summed E-state index contributed by atoms with van der Waals surface area (Å²) >= 11 is 0. The minimum atomic E-state index is -4.48. The van der Waals surface area contributed by atoms with Crippen LogP contribution in [0.1, 0.15) is 41.1 Å². The number of hydrogen-bond donors (Lipinski definition) is 0. The fourth-order valence-electron chi connectivity index (χ4n) is 4.59. The third-order valence-electron chi connectivity index (χ3n) is 6.27. The van der Waals surface area contributed by atoms with Gasteiger partial charge in [0.2, 0.25) is 0 Å². The van der Waals surface area contributed by atoms with E-state index in [0.717, 1.165) is 37.7 Å². The number of ether oxygens (including phenoxy) is 1. The Morgan fingerprint density at radius 1 is 1.03 bits per heavy atom. The first kappa shape index (κ1) is 22.1. The Hall–Kier alpha value is -3.15. The number of halogens is 3. The summed E-state index contributed by atoms with van der Waals surface area (Å²) in [6, 6.07) is 16.6. The highest BCUT2D eigenvalue weighted by molar-refractivity contribution is 5.64. The van der Waals surface area contributed by atoms with Crippen molar-refractivity contribution in [1.82, 2.24) is 9.47 Å². The highest BCUT2D eigenvalue weighted by Gasteiger charge is 2.35. The number of piperidine rings is 1. The Labute approximate surface area is 186 Å². The van der Waals surface area contributed by atoms with Gasteiger partial charge in [-0.2, -0.15) is 13.2 Å². The van der Waals surface area contributed by atoms with E-state index in [9.17, 15) is 13.2 Å². The molecule has 0 bridgehead atoms. The molecule has 0 spiro atoms. The Morgan fingerprint density at radius 2 is 1.72 bits per heavy atom. The first-order valence-corrected chi connectivity index (χ1v) is 10.7. The largest absolute Gasteiger partial charge is 0.496 e. The molecule has 0 unspecified atom stereocenters. The SMILES string of the molecule is C=C(c1ccc(OC)c(C(F)(F)F)c1)N1CCC(c2c(C)ccn2-c2ccccc2)CC1. The summed E-state index contributed by atoms with van der Waals surface area (Å²) in [7, 11) is 1.25. The number of rotatable bonds is 5. The predicted octanol–water partition coefficient (Wildman–Crippen LogP) is 6.66. The molecule has 1 aliphatic heterocycles. The number of para-hydroxylation sites is 1. The molecule has 1 fully saturated rings. The minimum absolute atomic E-state index is 0.176. The van der Waals surface area contributed by atoms with E-state index in [1.807, 2.05) is 18.2 Å². The van der Waals surface area contributed by atoms with Gasteiger partial charge in [0.05, 0.1) is 12.7 Å². The number of hydrogen-bond acceptors (Lipinski definition) is 2. The summed E-state index contributed by atoms with van der Waals surface area (Å²) in [5, 5.41) is 0. The van der Waals surface area contributed by atoms with Gasteiger partial charge in [0.1, 0.15) is 5.75 Å². The number of alkyl halides is 3. The normalized spacial score (nSPS) is 15.1. The van der Waals surface area contributed by atoms with Crippen molar-refractivity contribution in [3.63, 3.8) is 0 Å². The molecule has 2 aromatic carbocycles. The van der Waals surface area contributed by atoms with E-state index in [-0.39, 0.29) is 5.75 Å². The standard InChI is InChI=1S/C26H27F3N2O/c1-18-11-16-31(22-7-5-4-6-8-22)25(18)20-12-14-30(15-13-20)19(2)21-9-10-24(32-3)23(17-21)26(27,28)29/h4-11,16-17,20H,2,12-15H2,1,3H3. The van der Waals surface area contributed by atoms with Crippen LogP contribution < -0.4 is 4.74 Å². The fraction of sp³-hybridized carbons (Fsp3) is 0.308. The molecule has 6 heteroatoms. The molecule has 32 heavy (non-hydrogen) atoms. The molecule has 168 valence electrons. The molecule has 1 aliphatic rings. The molecule has 2 heterocycles. The second kappa shape index (κ2) is 8.77. The maximum Gasteiger partial charge on any atom is 0.419 e. The van der Waals surface area contributed by atoms with Crippen LogP contribution in [-0.2, 0) is 6.18 Å². The molecule has 3 aromatic rings. The predicted molar refractivity (Wildman–Crippen MR) is 121 cm³/mol. The van der Waals surface area contributed by atoms with Crippen LogP contribution >= 0.6 is 0 Å². The quantitative estimate of drug-likeness (QED) is 0.441. The highest BCUT2D eigenvalue weighted by atomic mass is 19.4. The van der Waals surface area contributed by atoms with Crippen LogP contribution in [0.2, 0.25) is 0 Å². The van der Waals surface area contributed by atoms with Crippen molar-refractivity contribution in [2.24, 2.45) is 0 Å². The van der Waals surface area contributed by atoms with Gasteiger partial charge in [-0.05, 0) is 67.3 Å². The molecule has 1 saturated heterocycles. The van der Waals surface area contributed by atoms with Gasteiger partial charge in [-0.15, -0.1) is 0 Å². The van der Waals surface area contributed by atoms with Crippen molar-refractivity contribution >= 4 is 5.70 Å². The smallest absolute Gasteiger partial charge is 0.419 e. The summed E-state index contributed by atoms with van der Waals surface area (Å²) in [5.74, 6) is 0.209. The van der Waals surface area contributed by atoms with Gasteiger partial charge in [0.15, 0.2) is 0 Å². The average Bonchev–Trinajstić information content (AvgIpc) is 3.19. The Bertz CT molecular complexity index is 1090. The molecule has 3 nitrogen and oxygen atoms in total. The van der Waals surface area contributed by atoms with Gasteiger partial charge in [-0.25, -0.2) is 0 Å². The van der Waals surface area contributed by atoms with Crippen molar-refractivity contribution in [2.75, 3.05) is 20.2 Å². The van der Waals surface area contributed by atoms with Crippen molar-refractivity contribution in [2.45, 2.75) is 31.9 Å². The molecule has 0 N–H and O–H groups in total. The molecule has 1 aromatic heterocycles. The minimum Gasteiger partial charge on any atom is -0.496 e. The number of nitrogens with zero attached hydrogens (tertiary/aromatic N) is 2. The topological polar surface area (TPSA) is 17.4 Å². The van der Waals surface area contributed by atoms with E-state index in [4.69, 9.17) is 4.74 Å². The summed E-state index contributed by atoms with van der Waals surface area (Å²) in [6.07, 6.45) is -0.533. The second-order valence-corrected chi connectivity index (χ2v) is 8.21. The zero-order valence-electron chi connectivity index (χ0n) is 18.3. The number of aryl methyl sites for hydroxylation is 1. The lowest BCUT2D eigenvalue weighted by molar-refractivity contribution is -0.138. The molecule has 0 aliphatic carbocycles. The van der Waals surface area contributed by atoms with E-state index in [1.54, 1.807) is 6.07 Å². The summed E-state index contributed by atoms with van der Waals surface area (Å²) < 4.78 is 47.4. The Kier molecular flexibility index (Phi) is 6.04. The molecular formula is C26H27F3N2O. The van der Waals surface area contributed by atoms with Gasteiger partial charge in [0, 0.05) is 42.3 Å². The maximum absolute atomic E-state index is 13.4. The molecule has 4 rings (SSSR count). The van der Waals surface area contributed by atoms with Crippen LogP contribution in [0.25, 0.3) is 11.4 Å². The van der Waals surface area contributed by atoms with E-state index in [0.29, 0.717) is 17.2 Å². The van der Waals surface area contributed by atoms with Crippen molar-refractivity contribution < 1.29 is 17.9 Å². The summed E-state index contributed by atoms with van der Waals surface area (Å²) in [6.45, 7) is 7.74. The highest BCUT2D eigenvalue weighted by Crippen LogP contribution is 2.39. The van der Waals surface area contributed by atoms with Gasteiger partial charge >= 0.3 is 6.18 Å². The maximum atomic E-state index is 13.4. The van der Waals surface area contributed by atoms with Gasteiger partial charge < -0.3 is 14.2 Å². The molecular weight excluding hydrogens is 413 g/mol. The average molecular weight is 441 g/mol. The molecule has 0 amide bonds. The Morgan fingerprint density at radius 3 is 2.34 bits per heavy atom. The third kappa shape index (κ3) is 4.27. The lowest BCUT2D eigenvalue weighted by atomic mass is 9.90. The Balaban J connectivity index is 1.51. The third-order valence-corrected chi connectivity index (χ3v) is 6.27. The van der Waals surface area contributed by atoms with Gasteiger partial charge in [0.25, 0.3) is 0 Å². The van der Waals surface area contributed by atoms with Crippen LogP contribution in [0.15, 0.2) is 67.4 Å². The van der Waals surface area contributed by atoms with E-state index < -0.39 is 11.7 Å². The van der Waals surface area contributed by atoms with E-state index >= 15 is 0 Å². The molecule has 0 atom stereocenters. The number of likely N-dealkylation sites (tertiary alicyclic amines) is 1. The number of aromatic nitrogens is 1. The van der Waals surface area contributed by atoms with Crippen molar-refractivity contribution in [1.29, 1.82) is 0 Å². The van der Waals surface area contributed by atoms with Crippen molar-refractivity contribution in [3.05, 3.63) is 89.8 Å². The summed E-state index contributed by atoms with van der Waals surface area (Å²) in [5.41, 5.74) is 4.03. The lowest BCUT2D eigenvalue weighted by Crippen LogP contribution is -2.32.